The van der Waals surface area contributed by atoms with E-state index in [-0.39, 0.29) is 12.8 Å². The number of aliphatic carboxylic acids is 2. The molecule has 2 heterocycles. The van der Waals surface area contributed by atoms with E-state index in [0.717, 1.165) is 25.9 Å². The first-order valence-electron chi connectivity index (χ1n) is 7.21. The summed E-state index contributed by atoms with van der Waals surface area (Å²) in [6, 6.07) is -1.21. The van der Waals surface area contributed by atoms with Gasteiger partial charge >= 0.3 is 18.0 Å². The number of hydrogen-bond acceptors (Lipinski definition) is 4. The van der Waals surface area contributed by atoms with Crippen molar-refractivity contribution < 1.29 is 24.6 Å². The summed E-state index contributed by atoms with van der Waals surface area (Å²) in [6.07, 6.45) is 1.80. The monoisotopic (exact) mass is 299 g/mol. The highest BCUT2D eigenvalue weighted by molar-refractivity contribution is 5.83. The molecule has 8 heteroatoms. The Morgan fingerprint density at radius 3 is 2.62 bits per heavy atom. The van der Waals surface area contributed by atoms with Gasteiger partial charge in [-0.05, 0) is 25.8 Å². The minimum Gasteiger partial charge on any atom is -0.481 e. The molecule has 2 amide bonds. The van der Waals surface area contributed by atoms with Gasteiger partial charge in [0.05, 0.1) is 0 Å². The predicted molar refractivity (Wildman–Crippen MR) is 73.0 cm³/mol. The fourth-order valence-corrected chi connectivity index (χ4v) is 2.94. The van der Waals surface area contributed by atoms with Gasteiger partial charge in [-0.25, -0.2) is 9.59 Å². The van der Waals surface area contributed by atoms with Gasteiger partial charge in [0.15, 0.2) is 0 Å². The zero-order valence-corrected chi connectivity index (χ0v) is 11.8. The number of carboxylic acids is 2. The van der Waals surface area contributed by atoms with Gasteiger partial charge in [0.25, 0.3) is 0 Å². The summed E-state index contributed by atoms with van der Waals surface area (Å²) in [5.41, 5.74) is 0. The highest BCUT2D eigenvalue weighted by atomic mass is 16.4. The van der Waals surface area contributed by atoms with Gasteiger partial charge in [-0.15, -0.1) is 0 Å². The van der Waals surface area contributed by atoms with Crippen LogP contribution in [0.15, 0.2) is 0 Å². The molecule has 0 spiro atoms. The van der Waals surface area contributed by atoms with Crippen molar-refractivity contribution in [2.75, 3.05) is 26.2 Å². The van der Waals surface area contributed by atoms with Gasteiger partial charge in [-0.2, -0.15) is 0 Å². The van der Waals surface area contributed by atoms with Crippen LogP contribution in [0.4, 0.5) is 4.79 Å². The molecule has 0 aromatic rings. The van der Waals surface area contributed by atoms with Crippen molar-refractivity contribution in [2.24, 2.45) is 0 Å². The van der Waals surface area contributed by atoms with Crippen molar-refractivity contribution in [1.29, 1.82) is 0 Å². The summed E-state index contributed by atoms with van der Waals surface area (Å²) in [5.74, 6) is -2.28. The van der Waals surface area contributed by atoms with Crippen LogP contribution in [0.3, 0.4) is 0 Å². The number of nitrogens with one attached hydrogen (secondary N) is 1. The van der Waals surface area contributed by atoms with E-state index >= 15 is 0 Å². The molecule has 0 radical (unpaired) electrons. The van der Waals surface area contributed by atoms with E-state index in [2.05, 4.69) is 10.2 Å². The Hall–Kier alpha value is -1.83. The lowest BCUT2D eigenvalue weighted by Crippen LogP contribution is -2.56. The number of nitrogens with zero attached hydrogens (tertiary/aromatic N) is 2. The third-order valence-corrected chi connectivity index (χ3v) is 4.12. The fraction of sp³-hybridized carbons (Fsp3) is 0.769. The number of amides is 2. The Bertz CT molecular complexity index is 428. The van der Waals surface area contributed by atoms with Crippen molar-refractivity contribution in [1.82, 2.24) is 15.1 Å². The average molecular weight is 299 g/mol. The normalized spacial score (nSPS) is 23.4. The number of hydrogen-bond donors (Lipinski definition) is 3. The Balaban J connectivity index is 1.86. The van der Waals surface area contributed by atoms with Crippen molar-refractivity contribution in [3.63, 3.8) is 0 Å². The number of carbonyl (C=O) groups excluding carboxylic acids is 1. The fourth-order valence-electron chi connectivity index (χ4n) is 2.94. The average Bonchev–Trinajstić information content (AvgIpc) is 2.89. The molecule has 118 valence electrons. The lowest BCUT2D eigenvalue weighted by atomic mass is 10.1. The van der Waals surface area contributed by atoms with E-state index in [1.807, 2.05) is 0 Å². The molecule has 8 nitrogen and oxygen atoms in total. The third-order valence-electron chi connectivity index (χ3n) is 4.12. The molecule has 0 aliphatic carbocycles. The van der Waals surface area contributed by atoms with Crippen LogP contribution < -0.4 is 5.32 Å². The SMILES string of the molecule is O=C(O)CCC(NC(=O)N1CCN2CCCC2C1)C(=O)O. The quantitative estimate of drug-likeness (QED) is 0.648. The van der Waals surface area contributed by atoms with Gasteiger partial charge in [0.1, 0.15) is 6.04 Å². The maximum atomic E-state index is 12.1. The smallest absolute Gasteiger partial charge is 0.326 e. The second kappa shape index (κ2) is 6.75. The molecule has 2 rings (SSSR count). The molecule has 2 aliphatic heterocycles. The van der Waals surface area contributed by atoms with Crippen LogP contribution in [0.25, 0.3) is 0 Å². The predicted octanol–water partition coefficient (Wildman–Crippen LogP) is -0.206. The van der Waals surface area contributed by atoms with Crippen molar-refractivity contribution >= 4 is 18.0 Å². The number of piperazine rings is 1. The van der Waals surface area contributed by atoms with Gasteiger partial charge < -0.3 is 20.4 Å². The highest BCUT2D eigenvalue weighted by Crippen LogP contribution is 2.21. The van der Waals surface area contributed by atoms with E-state index < -0.39 is 24.0 Å². The Morgan fingerprint density at radius 1 is 1.19 bits per heavy atom. The van der Waals surface area contributed by atoms with E-state index in [1.165, 1.54) is 0 Å². The maximum absolute atomic E-state index is 12.1. The summed E-state index contributed by atoms with van der Waals surface area (Å²) in [6.45, 7) is 3.06. The molecule has 2 atom stereocenters. The van der Waals surface area contributed by atoms with E-state index in [4.69, 9.17) is 10.2 Å². The first kappa shape index (κ1) is 15.6. The van der Waals surface area contributed by atoms with E-state index in [1.54, 1.807) is 4.90 Å². The number of rotatable bonds is 5. The van der Waals surface area contributed by atoms with Crippen molar-refractivity contribution in [3.05, 3.63) is 0 Å². The molecule has 3 N–H and O–H groups in total. The molecule has 0 aromatic carbocycles. The largest absolute Gasteiger partial charge is 0.481 e. The summed E-state index contributed by atoms with van der Waals surface area (Å²) < 4.78 is 0. The van der Waals surface area contributed by atoms with Crippen LogP contribution in [-0.2, 0) is 9.59 Å². The van der Waals surface area contributed by atoms with E-state index in [0.29, 0.717) is 19.1 Å². The van der Waals surface area contributed by atoms with Crippen LogP contribution in [0.2, 0.25) is 0 Å². The molecule has 0 aromatic heterocycles. The number of fused-ring (bicyclic) bond motifs is 1. The number of carbonyl (C=O) groups is 3. The van der Waals surface area contributed by atoms with Gasteiger partial charge in [0.2, 0.25) is 0 Å². The molecule has 21 heavy (non-hydrogen) atoms. The van der Waals surface area contributed by atoms with Crippen LogP contribution in [0.1, 0.15) is 25.7 Å². The summed E-state index contributed by atoms with van der Waals surface area (Å²) in [5, 5.41) is 20.1. The zero-order chi connectivity index (χ0) is 15.4. The second-order valence-corrected chi connectivity index (χ2v) is 5.55. The Morgan fingerprint density at radius 2 is 1.95 bits per heavy atom. The van der Waals surface area contributed by atoms with E-state index in [9.17, 15) is 14.4 Å². The first-order chi connectivity index (χ1) is 9.97. The molecule has 2 aliphatic rings. The molecule has 0 bridgehead atoms. The van der Waals surface area contributed by atoms with Gasteiger partial charge in [-0.3, -0.25) is 9.69 Å². The summed E-state index contributed by atoms with van der Waals surface area (Å²) in [4.78, 5) is 37.7. The summed E-state index contributed by atoms with van der Waals surface area (Å²) in [7, 11) is 0. The minimum atomic E-state index is -1.20. The Labute approximate surface area is 122 Å². The van der Waals surface area contributed by atoms with Crippen LogP contribution in [0.5, 0.6) is 0 Å². The van der Waals surface area contributed by atoms with Crippen molar-refractivity contribution in [2.45, 2.75) is 37.8 Å². The van der Waals surface area contributed by atoms with Crippen molar-refractivity contribution in [3.8, 4) is 0 Å². The number of urea groups is 1. The van der Waals surface area contributed by atoms with Crippen LogP contribution in [-0.4, -0.2) is 76.2 Å². The molecule has 2 fully saturated rings. The summed E-state index contributed by atoms with van der Waals surface area (Å²) >= 11 is 0. The van der Waals surface area contributed by atoms with Crippen LogP contribution in [0, 0.1) is 0 Å². The first-order valence-corrected chi connectivity index (χ1v) is 7.21. The molecule has 2 unspecified atom stereocenters. The zero-order valence-electron chi connectivity index (χ0n) is 11.8. The molecule has 0 saturated carbocycles. The molecular weight excluding hydrogens is 278 g/mol. The third kappa shape index (κ3) is 4.07. The second-order valence-electron chi connectivity index (χ2n) is 5.55. The standard InChI is InChI=1S/C13H21N3O5/c17-11(18)4-3-10(12(19)20)14-13(21)16-7-6-15-5-1-2-9(15)8-16/h9-10H,1-8H2,(H,14,21)(H,17,18)(H,19,20). The maximum Gasteiger partial charge on any atom is 0.326 e. The van der Waals surface area contributed by atoms with Crippen LogP contribution >= 0.6 is 0 Å². The Kier molecular flexibility index (Phi) is 5.00. The molecular formula is C13H21N3O5. The minimum absolute atomic E-state index is 0.111. The highest BCUT2D eigenvalue weighted by Gasteiger charge is 2.33. The molecule has 2 saturated heterocycles. The topological polar surface area (TPSA) is 110 Å². The van der Waals surface area contributed by atoms with Gasteiger partial charge in [-0.1, -0.05) is 0 Å². The number of carboxylic acid groups (broad SMARTS) is 2. The lowest BCUT2D eigenvalue weighted by molar-refractivity contribution is -0.140. The van der Waals surface area contributed by atoms with Gasteiger partial charge in [0, 0.05) is 32.1 Å². The lowest BCUT2D eigenvalue weighted by Gasteiger charge is -2.37.